The third kappa shape index (κ3) is 5.82. The zero-order valence-electron chi connectivity index (χ0n) is 15.0. The van der Waals surface area contributed by atoms with E-state index >= 15 is 0 Å². The minimum Gasteiger partial charge on any atom is -0.493 e. The lowest BCUT2D eigenvalue weighted by Gasteiger charge is -2.22. The first kappa shape index (κ1) is 18.9. The van der Waals surface area contributed by atoms with Gasteiger partial charge in [0, 0.05) is 18.9 Å². The Morgan fingerprint density at radius 2 is 1.85 bits per heavy atom. The number of nitrogens with one attached hydrogen (secondary N) is 1. The first-order valence-corrected chi connectivity index (χ1v) is 9.03. The predicted octanol–water partition coefficient (Wildman–Crippen LogP) is 3.37. The number of aromatic carboxylic acids is 1. The number of carboxylic acid groups (broad SMARTS) is 1. The molecule has 1 heterocycles. The summed E-state index contributed by atoms with van der Waals surface area (Å²) in [5.74, 6) is 0.0929. The topological polar surface area (TPSA) is 84.9 Å². The van der Waals surface area contributed by atoms with Gasteiger partial charge in [-0.2, -0.15) is 0 Å². The summed E-state index contributed by atoms with van der Waals surface area (Å²) in [6, 6.07) is 13.6. The standard InChI is InChI=1S/C21H23NO5/c23-20(13-16-2-1-3-17(12-16)21(24)25)22-18-4-6-19(7-5-18)27-14-15-8-10-26-11-9-15/h1-7,12,15H,8-11,13-14H2,(H,22,23)(H,24,25). The zero-order chi connectivity index (χ0) is 19.1. The number of carbonyl (C=O) groups excluding carboxylic acids is 1. The molecule has 0 bridgehead atoms. The van der Waals surface area contributed by atoms with Crippen molar-refractivity contribution in [3.63, 3.8) is 0 Å². The average molecular weight is 369 g/mol. The van der Waals surface area contributed by atoms with Gasteiger partial charge in [0.15, 0.2) is 0 Å². The molecule has 1 fully saturated rings. The van der Waals surface area contributed by atoms with E-state index in [9.17, 15) is 9.59 Å². The summed E-state index contributed by atoms with van der Waals surface area (Å²) in [7, 11) is 0. The van der Waals surface area contributed by atoms with Gasteiger partial charge in [-0.05, 0) is 60.7 Å². The molecule has 0 aliphatic carbocycles. The van der Waals surface area contributed by atoms with Gasteiger partial charge in [-0.25, -0.2) is 4.79 Å². The van der Waals surface area contributed by atoms with Gasteiger partial charge in [0.25, 0.3) is 0 Å². The number of benzene rings is 2. The van der Waals surface area contributed by atoms with Crippen LogP contribution in [0, 0.1) is 5.92 Å². The van der Waals surface area contributed by atoms with Gasteiger partial charge in [-0.1, -0.05) is 12.1 Å². The molecule has 0 radical (unpaired) electrons. The molecule has 0 spiro atoms. The minimum atomic E-state index is -1.01. The van der Waals surface area contributed by atoms with Crippen molar-refractivity contribution in [1.82, 2.24) is 0 Å². The SMILES string of the molecule is O=C(Cc1cccc(C(=O)O)c1)Nc1ccc(OCC2CCOCC2)cc1. The molecule has 3 rings (SSSR count). The van der Waals surface area contributed by atoms with Crippen molar-refractivity contribution < 1.29 is 24.2 Å². The van der Waals surface area contributed by atoms with Gasteiger partial charge in [-0.15, -0.1) is 0 Å². The summed E-state index contributed by atoms with van der Waals surface area (Å²) in [6.07, 6.45) is 2.16. The Balaban J connectivity index is 1.49. The lowest BCUT2D eigenvalue weighted by atomic mass is 10.0. The number of hydrogen-bond donors (Lipinski definition) is 2. The fourth-order valence-corrected chi connectivity index (χ4v) is 2.97. The average Bonchev–Trinajstić information content (AvgIpc) is 2.68. The zero-order valence-corrected chi connectivity index (χ0v) is 15.0. The second-order valence-electron chi connectivity index (χ2n) is 6.62. The Kier molecular flexibility index (Phi) is 6.44. The van der Waals surface area contributed by atoms with Crippen LogP contribution in [0.1, 0.15) is 28.8 Å². The largest absolute Gasteiger partial charge is 0.493 e. The smallest absolute Gasteiger partial charge is 0.335 e. The van der Waals surface area contributed by atoms with Crippen molar-refractivity contribution in [2.75, 3.05) is 25.1 Å². The minimum absolute atomic E-state index is 0.114. The highest BCUT2D eigenvalue weighted by molar-refractivity contribution is 5.93. The Bertz CT molecular complexity index is 781. The first-order chi connectivity index (χ1) is 13.1. The maximum atomic E-state index is 12.2. The van der Waals surface area contributed by atoms with Crippen LogP contribution in [0.5, 0.6) is 5.75 Å². The van der Waals surface area contributed by atoms with E-state index in [0.29, 0.717) is 23.8 Å². The van der Waals surface area contributed by atoms with E-state index in [4.69, 9.17) is 14.6 Å². The van der Waals surface area contributed by atoms with E-state index in [1.165, 1.54) is 12.1 Å². The number of amides is 1. The van der Waals surface area contributed by atoms with E-state index in [-0.39, 0.29) is 17.9 Å². The summed E-state index contributed by atoms with van der Waals surface area (Å²) in [4.78, 5) is 23.2. The van der Waals surface area contributed by atoms with Gasteiger partial charge in [0.1, 0.15) is 5.75 Å². The number of carbonyl (C=O) groups is 2. The highest BCUT2D eigenvalue weighted by Gasteiger charge is 2.14. The van der Waals surface area contributed by atoms with E-state index in [1.54, 1.807) is 24.3 Å². The number of rotatable bonds is 7. The van der Waals surface area contributed by atoms with E-state index in [2.05, 4.69) is 5.32 Å². The Morgan fingerprint density at radius 3 is 2.56 bits per heavy atom. The van der Waals surface area contributed by atoms with Crippen LogP contribution >= 0.6 is 0 Å². The third-order valence-corrected chi connectivity index (χ3v) is 4.50. The second kappa shape index (κ2) is 9.19. The summed E-state index contributed by atoms with van der Waals surface area (Å²) >= 11 is 0. The lowest BCUT2D eigenvalue weighted by molar-refractivity contribution is -0.115. The number of ether oxygens (including phenoxy) is 2. The fraction of sp³-hybridized carbons (Fsp3) is 0.333. The molecular formula is C21H23NO5. The van der Waals surface area contributed by atoms with E-state index in [1.807, 2.05) is 12.1 Å². The van der Waals surface area contributed by atoms with Crippen molar-refractivity contribution in [1.29, 1.82) is 0 Å². The number of carboxylic acids is 1. The first-order valence-electron chi connectivity index (χ1n) is 9.03. The second-order valence-corrected chi connectivity index (χ2v) is 6.62. The van der Waals surface area contributed by atoms with Gasteiger partial charge in [-0.3, -0.25) is 4.79 Å². The van der Waals surface area contributed by atoms with Crippen molar-refractivity contribution in [3.8, 4) is 5.75 Å². The number of anilines is 1. The van der Waals surface area contributed by atoms with Crippen molar-refractivity contribution in [3.05, 3.63) is 59.7 Å². The van der Waals surface area contributed by atoms with Crippen LogP contribution in [0.4, 0.5) is 5.69 Å². The maximum Gasteiger partial charge on any atom is 0.335 e. The highest BCUT2D eigenvalue weighted by Crippen LogP contribution is 2.20. The lowest BCUT2D eigenvalue weighted by Crippen LogP contribution is -2.21. The molecule has 2 N–H and O–H groups in total. The predicted molar refractivity (Wildman–Crippen MR) is 101 cm³/mol. The van der Waals surface area contributed by atoms with Gasteiger partial charge < -0.3 is 19.9 Å². The Hall–Kier alpha value is -2.86. The van der Waals surface area contributed by atoms with Crippen LogP contribution in [0.25, 0.3) is 0 Å². The molecule has 0 saturated carbocycles. The molecule has 1 amide bonds. The van der Waals surface area contributed by atoms with Crippen molar-refractivity contribution in [2.45, 2.75) is 19.3 Å². The molecule has 142 valence electrons. The summed E-state index contributed by atoms with van der Waals surface area (Å²) in [6.45, 7) is 2.28. The molecule has 2 aromatic rings. The van der Waals surface area contributed by atoms with Crippen LogP contribution in [-0.4, -0.2) is 36.8 Å². The summed E-state index contributed by atoms with van der Waals surface area (Å²) in [5.41, 5.74) is 1.50. The van der Waals surface area contributed by atoms with Crippen LogP contribution in [0.15, 0.2) is 48.5 Å². The Labute approximate surface area is 158 Å². The van der Waals surface area contributed by atoms with Crippen LogP contribution in [0.3, 0.4) is 0 Å². The van der Waals surface area contributed by atoms with Gasteiger partial charge in [0.05, 0.1) is 18.6 Å². The summed E-state index contributed by atoms with van der Waals surface area (Å²) in [5, 5.41) is 11.8. The highest BCUT2D eigenvalue weighted by atomic mass is 16.5. The monoisotopic (exact) mass is 369 g/mol. The van der Waals surface area contributed by atoms with Gasteiger partial charge in [0.2, 0.25) is 5.91 Å². The molecule has 0 atom stereocenters. The molecule has 6 heteroatoms. The normalized spacial score (nSPS) is 14.5. The van der Waals surface area contributed by atoms with E-state index < -0.39 is 5.97 Å². The molecule has 27 heavy (non-hydrogen) atoms. The molecule has 0 aromatic heterocycles. The molecule has 0 unspecified atom stereocenters. The molecule has 1 aliphatic rings. The van der Waals surface area contributed by atoms with Crippen LogP contribution in [-0.2, 0) is 16.0 Å². The molecule has 6 nitrogen and oxygen atoms in total. The molecule has 1 aliphatic heterocycles. The summed E-state index contributed by atoms with van der Waals surface area (Å²) < 4.78 is 11.2. The van der Waals surface area contributed by atoms with Crippen LogP contribution < -0.4 is 10.1 Å². The maximum absolute atomic E-state index is 12.2. The quantitative estimate of drug-likeness (QED) is 0.782. The molecule has 2 aromatic carbocycles. The van der Waals surface area contributed by atoms with Crippen LogP contribution in [0.2, 0.25) is 0 Å². The molecular weight excluding hydrogens is 346 g/mol. The molecule has 1 saturated heterocycles. The van der Waals surface area contributed by atoms with Crippen molar-refractivity contribution in [2.24, 2.45) is 5.92 Å². The van der Waals surface area contributed by atoms with Gasteiger partial charge >= 0.3 is 5.97 Å². The van der Waals surface area contributed by atoms with Crippen molar-refractivity contribution >= 4 is 17.6 Å². The number of hydrogen-bond acceptors (Lipinski definition) is 4. The third-order valence-electron chi connectivity index (χ3n) is 4.50. The fourth-order valence-electron chi connectivity index (χ4n) is 2.97. The van der Waals surface area contributed by atoms with E-state index in [0.717, 1.165) is 31.8 Å². The Morgan fingerprint density at radius 1 is 1.11 bits per heavy atom.